The Morgan fingerprint density at radius 3 is 2.83 bits per heavy atom. The molecule has 0 spiro atoms. The van der Waals surface area contributed by atoms with E-state index >= 15 is 0 Å². The zero-order valence-electron chi connectivity index (χ0n) is 14.6. The first kappa shape index (κ1) is 16.9. The molecule has 0 saturated carbocycles. The number of hydrogen-bond donors (Lipinski definition) is 2. The molecule has 0 aromatic heterocycles. The van der Waals surface area contributed by atoms with Gasteiger partial charge in [-0.15, -0.1) is 0 Å². The second-order valence-electron chi connectivity index (χ2n) is 6.48. The quantitative estimate of drug-likeness (QED) is 0.652. The van der Waals surface area contributed by atoms with E-state index in [9.17, 15) is 0 Å². The summed E-state index contributed by atoms with van der Waals surface area (Å²) in [5.74, 6) is 2.42. The maximum atomic E-state index is 5.86. The minimum atomic E-state index is -0.0988. The molecule has 3 rings (SSSR count). The number of guanidine groups is 1. The zero-order valence-corrected chi connectivity index (χ0v) is 14.6. The molecule has 0 radical (unpaired) electrons. The minimum Gasteiger partial charge on any atom is -0.490 e. The number of nitrogens with zero attached hydrogens (tertiary/aromatic N) is 1. The van der Waals surface area contributed by atoms with Gasteiger partial charge in [0.2, 0.25) is 0 Å². The third kappa shape index (κ3) is 4.12. The van der Waals surface area contributed by atoms with Gasteiger partial charge in [0, 0.05) is 38.7 Å². The second kappa shape index (κ2) is 7.75. The van der Waals surface area contributed by atoms with E-state index in [-0.39, 0.29) is 5.60 Å². The Kier molecular flexibility index (Phi) is 5.45. The molecule has 2 N–H and O–H groups in total. The van der Waals surface area contributed by atoms with Gasteiger partial charge in [-0.3, -0.25) is 4.99 Å². The van der Waals surface area contributed by atoms with Gasteiger partial charge in [0.25, 0.3) is 0 Å². The topological polar surface area (TPSA) is 64.1 Å². The highest BCUT2D eigenvalue weighted by molar-refractivity contribution is 5.79. The van der Waals surface area contributed by atoms with E-state index in [1.807, 2.05) is 12.1 Å². The SMILES string of the molecule is CN=C(NCc1cccc2c1OCCCO2)NCC1(C)CCCO1. The average Bonchev–Trinajstić information content (AvgIpc) is 2.88. The molecule has 2 aliphatic rings. The highest BCUT2D eigenvalue weighted by Gasteiger charge is 2.29. The van der Waals surface area contributed by atoms with Crippen LogP contribution >= 0.6 is 0 Å². The molecule has 0 bridgehead atoms. The van der Waals surface area contributed by atoms with Crippen LogP contribution in [-0.4, -0.2) is 45.0 Å². The summed E-state index contributed by atoms with van der Waals surface area (Å²) >= 11 is 0. The molecule has 1 saturated heterocycles. The number of benzene rings is 1. The maximum Gasteiger partial charge on any atom is 0.191 e. The van der Waals surface area contributed by atoms with Crippen LogP contribution in [0.25, 0.3) is 0 Å². The molecule has 2 aliphatic heterocycles. The van der Waals surface area contributed by atoms with E-state index in [2.05, 4.69) is 28.6 Å². The lowest BCUT2D eigenvalue weighted by Crippen LogP contribution is -2.45. The lowest BCUT2D eigenvalue weighted by atomic mass is 10.0. The van der Waals surface area contributed by atoms with Crippen LogP contribution in [0.4, 0.5) is 0 Å². The highest BCUT2D eigenvalue weighted by Crippen LogP contribution is 2.33. The Labute approximate surface area is 143 Å². The van der Waals surface area contributed by atoms with Gasteiger partial charge in [0.1, 0.15) is 0 Å². The van der Waals surface area contributed by atoms with Gasteiger partial charge in [0.05, 0.1) is 18.8 Å². The van der Waals surface area contributed by atoms with Gasteiger partial charge in [0.15, 0.2) is 17.5 Å². The maximum absolute atomic E-state index is 5.86. The molecule has 24 heavy (non-hydrogen) atoms. The first-order valence-corrected chi connectivity index (χ1v) is 8.66. The van der Waals surface area contributed by atoms with E-state index in [0.29, 0.717) is 19.8 Å². The standard InChI is InChI=1S/C18H27N3O3/c1-18(8-4-11-24-18)13-21-17(19-2)20-12-14-6-3-7-15-16(14)23-10-5-9-22-15/h3,6-7H,4-5,8-13H2,1-2H3,(H2,19,20,21). The molecule has 6 heteroatoms. The number of ether oxygens (including phenoxy) is 3. The van der Waals surface area contributed by atoms with Crippen LogP contribution in [0.15, 0.2) is 23.2 Å². The van der Waals surface area contributed by atoms with Crippen LogP contribution in [-0.2, 0) is 11.3 Å². The predicted octanol–water partition coefficient (Wildman–Crippen LogP) is 2.08. The van der Waals surface area contributed by atoms with Gasteiger partial charge >= 0.3 is 0 Å². The Hall–Kier alpha value is -1.95. The van der Waals surface area contributed by atoms with Crippen LogP contribution in [0.1, 0.15) is 31.7 Å². The normalized spacial score (nSPS) is 23.7. The van der Waals surface area contributed by atoms with Crippen LogP contribution in [0.3, 0.4) is 0 Å². The van der Waals surface area contributed by atoms with Crippen molar-refractivity contribution < 1.29 is 14.2 Å². The predicted molar refractivity (Wildman–Crippen MR) is 93.8 cm³/mol. The third-order valence-electron chi connectivity index (χ3n) is 4.45. The molecule has 6 nitrogen and oxygen atoms in total. The molecular formula is C18H27N3O3. The van der Waals surface area contributed by atoms with E-state index in [1.165, 1.54) is 0 Å². The molecule has 1 unspecified atom stereocenters. The van der Waals surface area contributed by atoms with Gasteiger partial charge in [-0.05, 0) is 25.8 Å². The molecule has 1 aromatic rings. The van der Waals surface area contributed by atoms with Crippen LogP contribution in [0.5, 0.6) is 11.5 Å². The molecular weight excluding hydrogens is 306 g/mol. The number of aliphatic imine (C=N–C) groups is 1. The van der Waals surface area contributed by atoms with Crippen molar-refractivity contribution in [3.8, 4) is 11.5 Å². The van der Waals surface area contributed by atoms with E-state index in [1.54, 1.807) is 7.05 Å². The van der Waals surface area contributed by atoms with Gasteiger partial charge in [-0.25, -0.2) is 0 Å². The highest BCUT2D eigenvalue weighted by atomic mass is 16.5. The molecule has 132 valence electrons. The van der Waals surface area contributed by atoms with Crippen molar-refractivity contribution in [1.29, 1.82) is 0 Å². The summed E-state index contributed by atoms with van der Waals surface area (Å²) in [7, 11) is 1.78. The number of hydrogen-bond acceptors (Lipinski definition) is 4. The van der Waals surface area contributed by atoms with Crippen LogP contribution < -0.4 is 20.1 Å². The van der Waals surface area contributed by atoms with Crippen molar-refractivity contribution in [1.82, 2.24) is 10.6 Å². The molecule has 1 atom stereocenters. The van der Waals surface area contributed by atoms with Gasteiger partial charge < -0.3 is 24.8 Å². The summed E-state index contributed by atoms with van der Waals surface area (Å²) in [5.41, 5.74) is 0.971. The van der Waals surface area contributed by atoms with E-state index in [0.717, 1.165) is 55.4 Å². The fraction of sp³-hybridized carbons (Fsp3) is 0.611. The van der Waals surface area contributed by atoms with Crippen molar-refractivity contribution >= 4 is 5.96 Å². The monoisotopic (exact) mass is 333 g/mol. The Bertz CT molecular complexity index is 583. The zero-order chi connectivity index (χ0) is 16.8. The molecule has 1 fully saturated rings. The van der Waals surface area contributed by atoms with Crippen molar-refractivity contribution in [3.05, 3.63) is 23.8 Å². The van der Waals surface area contributed by atoms with Crippen molar-refractivity contribution in [2.45, 2.75) is 38.3 Å². The Morgan fingerprint density at radius 2 is 2.04 bits per heavy atom. The molecule has 0 aliphatic carbocycles. The number of para-hydroxylation sites is 1. The Morgan fingerprint density at radius 1 is 1.17 bits per heavy atom. The average molecular weight is 333 g/mol. The van der Waals surface area contributed by atoms with Crippen LogP contribution in [0, 0.1) is 0 Å². The van der Waals surface area contributed by atoms with Gasteiger partial charge in [-0.1, -0.05) is 12.1 Å². The summed E-state index contributed by atoms with van der Waals surface area (Å²) in [4.78, 5) is 4.29. The Balaban J connectivity index is 1.58. The number of rotatable bonds is 4. The fourth-order valence-corrected chi connectivity index (χ4v) is 3.04. The lowest BCUT2D eigenvalue weighted by molar-refractivity contribution is 0.0243. The summed E-state index contributed by atoms with van der Waals surface area (Å²) in [6, 6.07) is 6.00. The smallest absolute Gasteiger partial charge is 0.191 e. The third-order valence-corrected chi connectivity index (χ3v) is 4.45. The number of fused-ring (bicyclic) bond motifs is 1. The van der Waals surface area contributed by atoms with Crippen molar-refractivity contribution in [3.63, 3.8) is 0 Å². The largest absolute Gasteiger partial charge is 0.490 e. The molecule has 0 amide bonds. The summed E-state index contributed by atoms with van der Waals surface area (Å²) in [6.07, 6.45) is 3.11. The van der Waals surface area contributed by atoms with E-state index < -0.39 is 0 Å². The number of nitrogens with one attached hydrogen (secondary N) is 2. The fourth-order valence-electron chi connectivity index (χ4n) is 3.04. The summed E-state index contributed by atoms with van der Waals surface area (Å²) in [6.45, 7) is 5.75. The van der Waals surface area contributed by atoms with Crippen molar-refractivity contribution in [2.75, 3.05) is 33.4 Å². The first-order valence-electron chi connectivity index (χ1n) is 8.66. The minimum absolute atomic E-state index is 0.0988. The second-order valence-corrected chi connectivity index (χ2v) is 6.48. The summed E-state index contributed by atoms with van der Waals surface area (Å²) < 4.78 is 17.4. The van der Waals surface area contributed by atoms with Crippen LogP contribution in [0.2, 0.25) is 0 Å². The summed E-state index contributed by atoms with van der Waals surface area (Å²) in [5, 5.41) is 6.70. The lowest BCUT2D eigenvalue weighted by Gasteiger charge is -2.24. The van der Waals surface area contributed by atoms with Gasteiger partial charge in [-0.2, -0.15) is 0 Å². The van der Waals surface area contributed by atoms with Crippen molar-refractivity contribution in [2.24, 2.45) is 4.99 Å². The molecule has 2 heterocycles. The molecule has 1 aromatic carbocycles. The first-order chi connectivity index (χ1) is 11.7. The van der Waals surface area contributed by atoms with E-state index in [4.69, 9.17) is 14.2 Å².